The third-order valence-electron chi connectivity index (χ3n) is 2.39. The summed E-state index contributed by atoms with van der Waals surface area (Å²) >= 11 is 4.10. The lowest BCUT2D eigenvalue weighted by atomic mass is 10.4. The lowest BCUT2D eigenvalue weighted by molar-refractivity contribution is 0.984. The molecule has 0 aromatic carbocycles. The van der Waals surface area contributed by atoms with Gasteiger partial charge in [-0.05, 0) is 13.0 Å². The third kappa shape index (κ3) is 4.27. The number of nitrogens with zero attached hydrogens (tertiary/aromatic N) is 2. The largest absolute Gasteiger partial charge is 0.369 e. The molecule has 0 amide bonds. The minimum Gasteiger partial charge on any atom is -0.369 e. The van der Waals surface area contributed by atoms with Gasteiger partial charge in [0.25, 0.3) is 0 Å². The van der Waals surface area contributed by atoms with Crippen LogP contribution in [0.3, 0.4) is 0 Å². The van der Waals surface area contributed by atoms with Crippen molar-refractivity contribution >= 4 is 35.3 Å². The minimum absolute atomic E-state index is 0.697. The number of hydrogen-bond acceptors (Lipinski definition) is 6. The Balaban J connectivity index is 1.83. The fourth-order valence-corrected chi connectivity index (χ4v) is 4.19. The molecule has 0 aliphatic carbocycles. The Labute approximate surface area is 111 Å². The monoisotopic (exact) mass is 270 g/mol. The molecular formula is C11H18N4S2. The molecule has 4 nitrogen and oxygen atoms in total. The molecule has 2 heterocycles. The van der Waals surface area contributed by atoms with Crippen LogP contribution in [0.25, 0.3) is 0 Å². The van der Waals surface area contributed by atoms with Gasteiger partial charge in [0.15, 0.2) is 0 Å². The summed E-state index contributed by atoms with van der Waals surface area (Å²) in [6.07, 6.45) is 1.79. The Kier molecular flexibility index (Phi) is 5.25. The number of thioether (sulfide) groups is 2. The molecule has 1 aromatic heterocycles. The number of aromatic nitrogens is 2. The van der Waals surface area contributed by atoms with Gasteiger partial charge in [0.2, 0.25) is 5.95 Å². The maximum atomic E-state index is 4.40. The maximum absolute atomic E-state index is 4.40. The van der Waals surface area contributed by atoms with Crippen molar-refractivity contribution in [3.05, 3.63) is 12.3 Å². The predicted molar refractivity (Wildman–Crippen MR) is 78.3 cm³/mol. The molecule has 2 N–H and O–H groups in total. The van der Waals surface area contributed by atoms with Gasteiger partial charge < -0.3 is 10.6 Å². The topological polar surface area (TPSA) is 49.8 Å². The number of anilines is 2. The second-order valence-corrected chi connectivity index (χ2v) is 6.30. The fraction of sp³-hybridized carbons (Fsp3) is 0.636. The van der Waals surface area contributed by atoms with E-state index in [1.54, 1.807) is 6.20 Å². The van der Waals surface area contributed by atoms with Crippen molar-refractivity contribution in [2.75, 3.05) is 41.0 Å². The van der Waals surface area contributed by atoms with Crippen LogP contribution in [0, 0.1) is 0 Å². The molecule has 1 aliphatic rings. The van der Waals surface area contributed by atoms with Crippen molar-refractivity contribution in [2.24, 2.45) is 0 Å². The van der Waals surface area contributed by atoms with Gasteiger partial charge in [-0.3, -0.25) is 0 Å². The van der Waals surface area contributed by atoms with Crippen LogP contribution in [0.1, 0.15) is 6.92 Å². The lowest BCUT2D eigenvalue weighted by Gasteiger charge is -2.21. The molecule has 1 aliphatic heterocycles. The van der Waals surface area contributed by atoms with Crippen LogP contribution in [-0.4, -0.2) is 45.6 Å². The molecule has 1 atom stereocenters. The van der Waals surface area contributed by atoms with E-state index in [-0.39, 0.29) is 0 Å². The number of rotatable bonds is 5. The summed E-state index contributed by atoms with van der Waals surface area (Å²) in [6, 6.07) is 1.92. The molecule has 1 fully saturated rings. The zero-order valence-electron chi connectivity index (χ0n) is 9.98. The van der Waals surface area contributed by atoms with Crippen LogP contribution >= 0.6 is 23.5 Å². The average molecular weight is 270 g/mol. The fourth-order valence-electron chi connectivity index (χ4n) is 1.57. The highest BCUT2D eigenvalue weighted by Crippen LogP contribution is 2.24. The van der Waals surface area contributed by atoms with E-state index in [0.29, 0.717) is 11.2 Å². The summed E-state index contributed by atoms with van der Waals surface area (Å²) in [6.45, 7) is 3.87. The SMILES string of the molecule is CCNc1nccc(NCC2CSCCS2)n1. The summed E-state index contributed by atoms with van der Waals surface area (Å²) in [5.41, 5.74) is 0. The van der Waals surface area contributed by atoms with E-state index < -0.39 is 0 Å². The third-order valence-corrected chi connectivity index (χ3v) is 5.23. The summed E-state index contributed by atoms with van der Waals surface area (Å²) in [5.74, 6) is 5.40. The first kappa shape index (κ1) is 12.8. The quantitative estimate of drug-likeness (QED) is 0.855. The van der Waals surface area contributed by atoms with E-state index in [4.69, 9.17) is 0 Å². The molecule has 2 rings (SSSR count). The second kappa shape index (κ2) is 6.96. The normalized spacial score (nSPS) is 19.9. The zero-order chi connectivity index (χ0) is 11.9. The van der Waals surface area contributed by atoms with Crippen molar-refractivity contribution in [3.8, 4) is 0 Å². The van der Waals surface area contributed by atoms with Gasteiger partial charge in [0.1, 0.15) is 5.82 Å². The molecule has 0 saturated carbocycles. The smallest absolute Gasteiger partial charge is 0.224 e. The highest BCUT2D eigenvalue weighted by molar-refractivity contribution is 8.06. The lowest BCUT2D eigenvalue weighted by Crippen LogP contribution is -2.23. The molecule has 0 radical (unpaired) electrons. The molecule has 0 bridgehead atoms. The van der Waals surface area contributed by atoms with Gasteiger partial charge in [-0.15, -0.1) is 0 Å². The number of hydrogen-bond donors (Lipinski definition) is 2. The first-order valence-electron chi connectivity index (χ1n) is 5.88. The maximum Gasteiger partial charge on any atom is 0.224 e. The van der Waals surface area contributed by atoms with Crippen LogP contribution in [0.4, 0.5) is 11.8 Å². The van der Waals surface area contributed by atoms with Crippen molar-refractivity contribution < 1.29 is 0 Å². The van der Waals surface area contributed by atoms with Crippen LogP contribution in [0.2, 0.25) is 0 Å². The van der Waals surface area contributed by atoms with Crippen LogP contribution in [-0.2, 0) is 0 Å². The van der Waals surface area contributed by atoms with Gasteiger partial charge in [0.05, 0.1) is 0 Å². The van der Waals surface area contributed by atoms with Crippen molar-refractivity contribution in [1.82, 2.24) is 9.97 Å². The van der Waals surface area contributed by atoms with Crippen molar-refractivity contribution in [2.45, 2.75) is 12.2 Å². The standard InChI is InChI=1S/C11H18N4S2/c1-2-12-11-13-4-3-10(15-11)14-7-9-8-16-5-6-17-9/h3-4,9H,2,5-8H2,1H3,(H2,12,13,14,15). The molecule has 94 valence electrons. The molecule has 1 saturated heterocycles. The van der Waals surface area contributed by atoms with E-state index in [0.717, 1.165) is 18.9 Å². The average Bonchev–Trinajstić information content (AvgIpc) is 2.39. The zero-order valence-corrected chi connectivity index (χ0v) is 11.6. The summed E-state index contributed by atoms with van der Waals surface area (Å²) in [7, 11) is 0. The van der Waals surface area contributed by atoms with Crippen LogP contribution < -0.4 is 10.6 Å². The Morgan fingerprint density at radius 2 is 2.35 bits per heavy atom. The van der Waals surface area contributed by atoms with Crippen LogP contribution in [0.5, 0.6) is 0 Å². The molecule has 17 heavy (non-hydrogen) atoms. The molecule has 1 unspecified atom stereocenters. The highest BCUT2D eigenvalue weighted by Gasteiger charge is 2.13. The van der Waals surface area contributed by atoms with E-state index >= 15 is 0 Å². The minimum atomic E-state index is 0.697. The van der Waals surface area contributed by atoms with E-state index in [1.165, 1.54) is 17.3 Å². The van der Waals surface area contributed by atoms with Gasteiger partial charge in [0, 0.05) is 41.8 Å². The first-order chi connectivity index (χ1) is 8.38. The second-order valence-electron chi connectivity index (χ2n) is 3.74. The summed E-state index contributed by atoms with van der Waals surface area (Å²) < 4.78 is 0. The van der Waals surface area contributed by atoms with Gasteiger partial charge in [-0.2, -0.15) is 28.5 Å². The Hall–Kier alpha value is -0.620. The Bertz CT molecular complexity index is 342. The highest BCUT2D eigenvalue weighted by atomic mass is 32.2. The van der Waals surface area contributed by atoms with Gasteiger partial charge >= 0.3 is 0 Å². The molecule has 6 heteroatoms. The van der Waals surface area contributed by atoms with E-state index in [1.807, 2.05) is 24.8 Å². The first-order valence-corrected chi connectivity index (χ1v) is 8.09. The molecule has 1 aromatic rings. The van der Waals surface area contributed by atoms with E-state index in [2.05, 4.69) is 32.4 Å². The van der Waals surface area contributed by atoms with E-state index in [9.17, 15) is 0 Å². The molecule has 0 spiro atoms. The predicted octanol–water partition coefficient (Wildman–Crippen LogP) is 2.17. The van der Waals surface area contributed by atoms with Gasteiger partial charge in [-0.25, -0.2) is 4.98 Å². The Morgan fingerprint density at radius 3 is 3.12 bits per heavy atom. The van der Waals surface area contributed by atoms with Gasteiger partial charge in [-0.1, -0.05) is 0 Å². The summed E-state index contributed by atoms with van der Waals surface area (Å²) in [4.78, 5) is 8.55. The van der Waals surface area contributed by atoms with Crippen LogP contribution in [0.15, 0.2) is 12.3 Å². The number of nitrogens with one attached hydrogen (secondary N) is 2. The molecular weight excluding hydrogens is 252 g/mol. The van der Waals surface area contributed by atoms with Crippen molar-refractivity contribution in [3.63, 3.8) is 0 Å². The van der Waals surface area contributed by atoms with Crippen molar-refractivity contribution in [1.29, 1.82) is 0 Å². The Morgan fingerprint density at radius 1 is 1.41 bits per heavy atom. The summed E-state index contributed by atoms with van der Waals surface area (Å²) in [5, 5.41) is 7.20.